The molecule has 2 aromatic heterocycles. The van der Waals surface area contributed by atoms with Crippen LogP contribution in [-0.4, -0.2) is 123 Å². The quantitative estimate of drug-likeness (QED) is 0.0423. The summed E-state index contributed by atoms with van der Waals surface area (Å²) in [5.41, 5.74) is 4.06. The van der Waals surface area contributed by atoms with Crippen LogP contribution in [0.5, 0.6) is 0 Å². The number of ether oxygens (including phenoxy) is 1. The van der Waals surface area contributed by atoms with Crippen molar-refractivity contribution in [2.45, 2.75) is 70.7 Å². The van der Waals surface area contributed by atoms with Crippen molar-refractivity contribution in [3.05, 3.63) is 12.2 Å². The van der Waals surface area contributed by atoms with E-state index in [-0.39, 0.29) is 48.1 Å². The van der Waals surface area contributed by atoms with Gasteiger partial charge < -0.3 is 50.9 Å². The number of nitrogen functional groups attached to an aromatic ring is 1. The van der Waals surface area contributed by atoms with Crippen molar-refractivity contribution >= 4 is 70.7 Å². The first-order valence-corrected chi connectivity index (χ1v) is 20.8. The van der Waals surface area contributed by atoms with Crippen molar-refractivity contribution in [3.63, 3.8) is 0 Å². The number of nitrogens with zero attached hydrogens (tertiary/aromatic N) is 4. The summed E-state index contributed by atoms with van der Waals surface area (Å²) in [6, 6.07) is 0. The lowest BCUT2D eigenvalue weighted by Crippen LogP contribution is -2.46. The van der Waals surface area contributed by atoms with Crippen molar-refractivity contribution in [2.24, 2.45) is 5.41 Å². The number of hydrogen-bond acceptors (Lipinski definition) is 18. The van der Waals surface area contributed by atoms with Gasteiger partial charge in [0, 0.05) is 37.1 Å². The fraction of sp³-hybridized carbons (Fsp3) is 0.680. The van der Waals surface area contributed by atoms with Crippen molar-refractivity contribution in [3.8, 4) is 0 Å². The number of nitrogens with two attached hydrogens (primary N) is 1. The first-order valence-electron chi connectivity index (χ1n) is 15.6. The minimum absolute atomic E-state index is 0.0383. The third kappa shape index (κ3) is 12.5. The standard InChI is InChI=1S/C25H42N7O17P3S/c1-4-5-13(33)21-31-16-20(26)29-12-30-22(16)32(21)24-17(35)18(48-50(38,39)40)14(47-24)10-45-51(41,42)49-52(43,44)46-11-25(2,3)19(36)23(37)28-7-6-15(34)27-8-9-53/h12,14,17-19,24,35-36,53H,4-11H2,1-3H3,(H,27,34)(H,28,37)(H,41,42)(H,43,44)(H2,26,29,30)(H2,38,39,40)/t14-,17-,18-,19+,24-/m1/s1. The summed E-state index contributed by atoms with van der Waals surface area (Å²) in [6.07, 6.45) is -8.28. The van der Waals surface area contributed by atoms with E-state index in [4.69, 9.17) is 19.5 Å². The van der Waals surface area contributed by atoms with Crippen LogP contribution in [0, 0.1) is 5.41 Å². The maximum Gasteiger partial charge on any atom is 0.481 e. The Bertz CT molecular complexity index is 1780. The minimum atomic E-state index is -5.63. The average molecular weight is 838 g/mol. The monoisotopic (exact) mass is 837 g/mol. The van der Waals surface area contributed by atoms with Crippen LogP contribution in [0.25, 0.3) is 11.2 Å². The van der Waals surface area contributed by atoms with E-state index < -0.39 is 84.4 Å². The number of aromatic nitrogens is 4. The predicted molar refractivity (Wildman–Crippen MR) is 183 cm³/mol. The molecule has 2 aromatic rings. The number of ketones is 1. The molecule has 1 aliphatic heterocycles. The molecule has 28 heteroatoms. The lowest BCUT2D eigenvalue weighted by atomic mass is 9.87. The van der Waals surface area contributed by atoms with E-state index in [1.54, 1.807) is 6.92 Å². The first kappa shape index (κ1) is 45.0. The van der Waals surface area contributed by atoms with Crippen molar-refractivity contribution in [1.82, 2.24) is 30.2 Å². The second kappa shape index (κ2) is 18.5. The summed E-state index contributed by atoms with van der Waals surface area (Å²) in [4.78, 5) is 88.5. The number of rotatable bonds is 21. The summed E-state index contributed by atoms with van der Waals surface area (Å²) in [7, 11) is -16.6. The van der Waals surface area contributed by atoms with Gasteiger partial charge >= 0.3 is 23.5 Å². The van der Waals surface area contributed by atoms with Gasteiger partial charge in [0.05, 0.1) is 13.2 Å². The summed E-state index contributed by atoms with van der Waals surface area (Å²) < 4.78 is 62.3. The zero-order valence-corrected chi connectivity index (χ0v) is 32.0. The molecular weight excluding hydrogens is 795 g/mol. The molecule has 0 aromatic carbocycles. The van der Waals surface area contributed by atoms with Crippen LogP contribution < -0.4 is 16.4 Å². The van der Waals surface area contributed by atoms with Crippen molar-refractivity contribution in [2.75, 3.05) is 37.8 Å². The SMILES string of the molecule is CCCC(=O)c1nc2c(N)ncnc2n1[C@@H]1O[C@H](COP(=O)(O)OP(=O)(O)OCC(C)(C)[C@@H](O)C(=O)NCCC(=O)NCCS)[C@@H](OP(=O)(O)O)[C@H]1O. The highest BCUT2D eigenvalue weighted by atomic mass is 32.1. The number of carbonyl (C=O) groups is 3. The predicted octanol–water partition coefficient (Wildman–Crippen LogP) is -0.682. The lowest BCUT2D eigenvalue weighted by Gasteiger charge is -2.30. The van der Waals surface area contributed by atoms with E-state index in [1.807, 2.05) is 0 Å². The number of anilines is 1. The number of hydrogen-bond donors (Lipinski definition) is 10. The first-order chi connectivity index (χ1) is 24.5. The maximum atomic E-state index is 13.0. The number of Topliss-reactive ketones (excluding diaryl/α,β-unsaturated/α-hetero) is 1. The molecule has 1 saturated heterocycles. The average Bonchev–Trinajstić information content (AvgIpc) is 3.58. The fourth-order valence-electron chi connectivity index (χ4n) is 4.77. The number of phosphoric ester groups is 3. The molecule has 0 aliphatic carbocycles. The van der Waals surface area contributed by atoms with Gasteiger partial charge in [-0.05, 0) is 6.42 Å². The Morgan fingerprint density at radius 1 is 1.08 bits per heavy atom. The summed E-state index contributed by atoms with van der Waals surface area (Å²) in [5.74, 6) is -2.01. The largest absolute Gasteiger partial charge is 0.481 e. The number of fused-ring (bicyclic) bond motifs is 1. The molecule has 1 fully saturated rings. The van der Waals surface area contributed by atoms with E-state index in [0.717, 1.165) is 10.9 Å². The molecule has 0 saturated carbocycles. The van der Waals surface area contributed by atoms with E-state index in [9.17, 15) is 57.9 Å². The van der Waals surface area contributed by atoms with Crippen molar-refractivity contribution in [1.29, 1.82) is 0 Å². The number of nitrogens with one attached hydrogen (secondary N) is 2. The summed E-state index contributed by atoms with van der Waals surface area (Å²) in [6.45, 7) is 2.26. The second-order valence-electron chi connectivity index (χ2n) is 12.1. The highest BCUT2D eigenvalue weighted by Crippen LogP contribution is 2.61. The molecule has 1 aliphatic rings. The van der Waals surface area contributed by atoms with E-state index in [2.05, 4.69) is 47.0 Å². The van der Waals surface area contributed by atoms with Crippen LogP contribution in [0.15, 0.2) is 6.33 Å². The van der Waals surface area contributed by atoms with Gasteiger partial charge in [0.2, 0.25) is 11.8 Å². The van der Waals surface area contributed by atoms with Crippen molar-refractivity contribution < 1.29 is 80.5 Å². The highest BCUT2D eigenvalue weighted by molar-refractivity contribution is 7.80. The lowest BCUT2D eigenvalue weighted by molar-refractivity contribution is -0.137. The number of phosphoric acid groups is 3. The molecule has 0 spiro atoms. The van der Waals surface area contributed by atoms with Gasteiger partial charge in [0.1, 0.15) is 30.7 Å². The van der Waals surface area contributed by atoms with Crippen LogP contribution in [0.1, 0.15) is 56.9 Å². The van der Waals surface area contributed by atoms with Gasteiger partial charge in [0.25, 0.3) is 0 Å². The Morgan fingerprint density at radius 2 is 1.74 bits per heavy atom. The summed E-state index contributed by atoms with van der Waals surface area (Å²) >= 11 is 3.95. The summed E-state index contributed by atoms with van der Waals surface area (Å²) in [5, 5.41) is 26.5. The van der Waals surface area contributed by atoms with Crippen LogP contribution in [0.4, 0.5) is 5.82 Å². The Labute approximate surface area is 307 Å². The Kier molecular flexibility index (Phi) is 15.7. The highest BCUT2D eigenvalue weighted by Gasteiger charge is 2.51. The van der Waals surface area contributed by atoms with Gasteiger partial charge in [-0.3, -0.25) is 32.5 Å². The van der Waals surface area contributed by atoms with Gasteiger partial charge in [-0.1, -0.05) is 20.8 Å². The zero-order chi connectivity index (χ0) is 39.9. The molecule has 3 rings (SSSR count). The molecule has 3 heterocycles. The van der Waals surface area contributed by atoms with E-state index in [0.29, 0.717) is 18.7 Å². The molecule has 300 valence electrons. The second-order valence-corrected chi connectivity index (χ2v) is 16.8. The molecule has 24 nitrogen and oxygen atoms in total. The van der Waals surface area contributed by atoms with Gasteiger partial charge in [-0.2, -0.15) is 16.9 Å². The normalized spacial score (nSPS) is 22.2. The Morgan fingerprint density at radius 3 is 2.36 bits per heavy atom. The van der Waals surface area contributed by atoms with Crippen LogP contribution in [0.3, 0.4) is 0 Å². The third-order valence-corrected chi connectivity index (χ3v) is 10.7. The molecule has 10 N–H and O–H groups in total. The number of aliphatic hydroxyl groups is 2. The maximum absolute atomic E-state index is 13.0. The molecule has 53 heavy (non-hydrogen) atoms. The molecule has 7 atom stereocenters. The molecular formula is C25H42N7O17P3S. The third-order valence-electron chi connectivity index (χ3n) is 7.34. The fourth-order valence-corrected chi connectivity index (χ4v) is 7.71. The van der Waals surface area contributed by atoms with Crippen LogP contribution in [-0.2, 0) is 45.9 Å². The Balaban J connectivity index is 1.71. The van der Waals surface area contributed by atoms with Crippen LogP contribution >= 0.6 is 36.1 Å². The van der Waals surface area contributed by atoms with Gasteiger partial charge in [-0.15, -0.1) is 0 Å². The number of aliphatic hydroxyl groups excluding tert-OH is 2. The van der Waals surface area contributed by atoms with Gasteiger partial charge in [-0.25, -0.2) is 28.6 Å². The van der Waals surface area contributed by atoms with E-state index in [1.165, 1.54) is 13.8 Å². The smallest absolute Gasteiger partial charge is 0.386 e. The van der Waals surface area contributed by atoms with Gasteiger partial charge in [0.15, 0.2) is 34.8 Å². The molecule has 0 bridgehead atoms. The number of imidazole rings is 1. The van der Waals surface area contributed by atoms with Crippen LogP contribution in [0.2, 0.25) is 0 Å². The number of thiol groups is 1. The zero-order valence-electron chi connectivity index (χ0n) is 28.5. The minimum Gasteiger partial charge on any atom is -0.386 e. The molecule has 2 amide bonds. The topological polar surface area (TPSA) is 364 Å². The molecule has 2 unspecified atom stereocenters. The van der Waals surface area contributed by atoms with E-state index >= 15 is 0 Å². The number of amides is 2. The number of carbonyl (C=O) groups excluding carboxylic acids is 3. The molecule has 0 radical (unpaired) electrons. The Hall–Kier alpha value is -2.44.